The Balaban J connectivity index is 1.72. The van der Waals surface area contributed by atoms with E-state index >= 15 is 0 Å². The van der Waals surface area contributed by atoms with Crippen LogP contribution in [0.4, 0.5) is 22.0 Å². The molecular weight excluding hydrogens is 423 g/mol. The molecule has 1 aromatic carbocycles. The molecule has 1 aliphatic heterocycles. The number of carbonyl (C=O) groups excluding carboxylic acids is 1. The van der Waals surface area contributed by atoms with Gasteiger partial charge in [0.05, 0.1) is 42.0 Å². The van der Waals surface area contributed by atoms with E-state index in [0.717, 1.165) is 0 Å². The maximum absolute atomic E-state index is 13.4. The highest BCUT2D eigenvalue weighted by molar-refractivity contribution is 5.95. The Morgan fingerprint density at radius 2 is 1.87 bits per heavy atom. The monoisotopic (exact) mass is 440 g/mol. The summed E-state index contributed by atoms with van der Waals surface area (Å²) in [6, 6.07) is 7.30. The van der Waals surface area contributed by atoms with E-state index in [4.69, 9.17) is 4.74 Å². The van der Waals surface area contributed by atoms with Gasteiger partial charge >= 0.3 is 6.18 Å². The first-order chi connectivity index (χ1) is 14.8. The van der Waals surface area contributed by atoms with Crippen LogP contribution in [-0.2, 0) is 17.5 Å². The lowest BCUT2D eigenvalue weighted by atomic mass is 10.1. The smallest absolute Gasteiger partial charge is 0.378 e. The number of amides is 1. The number of fused-ring (bicyclic) bond motifs is 1. The molecule has 0 spiro atoms. The maximum Gasteiger partial charge on any atom is 0.449 e. The van der Waals surface area contributed by atoms with Crippen molar-refractivity contribution in [3.63, 3.8) is 0 Å². The summed E-state index contributed by atoms with van der Waals surface area (Å²) in [7, 11) is 0. The van der Waals surface area contributed by atoms with Crippen molar-refractivity contribution in [2.24, 2.45) is 0 Å². The van der Waals surface area contributed by atoms with Crippen LogP contribution >= 0.6 is 0 Å². The third kappa shape index (κ3) is 4.22. The van der Waals surface area contributed by atoms with Gasteiger partial charge in [0.25, 0.3) is 12.3 Å². The van der Waals surface area contributed by atoms with E-state index in [9.17, 15) is 26.7 Å². The molecule has 1 saturated heterocycles. The summed E-state index contributed by atoms with van der Waals surface area (Å²) in [5.74, 6) is -1.62. The first-order valence-corrected chi connectivity index (χ1v) is 9.44. The predicted octanol–water partition coefficient (Wildman–Crippen LogP) is 3.85. The highest BCUT2D eigenvalue weighted by Crippen LogP contribution is 2.35. The number of nitrogens with zero attached hydrogens (tertiary/aromatic N) is 4. The van der Waals surface area contributed by atoms with Crippen molar-refractivity contribution < 1.29 is 31.5 Å². The van der Waals surface area contributed by atoms with Crippen molar-refractivity contribution in [2.45, 2.75) is 19.1 Å². The highest BCUT2D eigenvalue weighted by Gasteiger charge is 2.38. The molecule has 6 nitrogen and oxygen atoms in total. The number of aromatic nitrogens is 3. The van der Waals surface area contributed by atoms with Crippen molar-refractivity contribution >= 4 is 16.9 Å². The van der Waals surface area contributed by atoms with Crippen LogP contribution in [0.25, 0.3) is 22.3 Å². The molecule has 0 radical (unpaired) electrons. The second kappa shape index (κ2) is 8.22. The van der Waals surface area contributed by atoms with Gasteiger partial charge in [-0.15, -0.1) is 0 Å². The van der Waals surface area contributed by atoms with Crippen LogP contribution in [0.3, 0.4) is 0 Å². The largest absolute Gasteiger partial charge is 0.449 e. The SMILES string of the molecule is O=C(c1ccc(-c2cccc3c2nc(C(F)(F)F)n3CC(F)F)nc1)N1CCOCC1. The molecule has 0 N–H and O–H groups in total. The Bertz CT molecular complexity index is 1090. The number of morpholine rings is 1. The van der Waals surface area contributed by atoms with Gasteiger partial charge in [0.2, 0.25) is 5.82 Å². The molecule has 0 unspecified atom stereocenters. The summed E-state index contributed by atoms with van der Waals surface area (Å²) in [4.78, 5) is 22.0. The first-order valence-electron chi connectivity index (χ1n) is 9.44. The Labute approximate surface area is 173 Å². The molecule has 31 heavy (non-hydrogen) atoms. The summed E-state index contributed by atoms with van der Waals surface area (Å²) >= 11 is 0. The molecule has 4 rings (SSSR count). The molecule has 1 fully saturated rings. The van der Waals surface area contributed by atoms with Crippen LogP contribution in [0.1, 0.15) is 16.2 Å². The van der Waals surface area contributed by atoms with Crippen molar-refractivity contribution in [1.82, 2.24) is 19.4 Å². The highest BCUT2D eigenvalue weighted by atomic mass is 19.4. The van der Waals surface area contributed by atoms with Crippen molar-refractivity contribution in [2.75, 3.05) is 26.3 Å². The number of hydrogen-bond donors (Lipinski definition) is 0. The van der Waals surface area contributed by atoms with Crippen LogP contribution in [-0.4, -0.2) is 58.1 Å². The lowest BCUT2D eigenvalue weighted by Gasteiger charge is -2.26. The molecule has 11 heteroatoms. The van der Waals surface area contributed by atoms with Crippen molar-refractivity contribution in [1.29, 1.82) is 0 Å². The molecule has 0 saturated carbocycles. The Hall–Kier alpha value is -3.08. The Morgan fingerprint density at radius 1 is 1.13 bits per heavy atom. The van der Waals surface area contributed by atoms with Gasteiger partial charge in [-0.25, -0.2) is 13.8 Å². The molecule has 1 aliphatic rings. The van der Waals surface area contributed by atoms with E-state index in [1.165, 1.54) is 36.5 Å². The molecule has 3 heterocycles. The third-order valence-electron chi connectivity index (χ3n) is 4.94. The van der Waals surface area contributed by atoms with E-state index in [2.05, 4.69) is 9.97 Å². The first kappa shape index (κ1) is 21.2. The molecule has 0 aliphatic carbocycles. The van der Waals surface area contributed by atoms with Gasteiger partial charge < -0.3 is 14.2 Å². The van der Waals surface area contributed by atoms with Gasteiger partial charge in [-0.1, -0.05) is 12.1 Å². The standard InChI is InChI=1S/C20H17F5N4O2/c21-16(22)11-29-15-3-1-2-13(17(15)27-19(29)20(23,24)25)14-5-4-12(10-26-14)18(30)28-6-8-31-9-7-28/h1-5,10,16H,6-9,11H2. The van der Waals surface area contributed by atoms with Crippen LogP contribution < -0.4 is 0 Å². The lowest BCUT2D eigenvalue weighted by Crippen LogP contribution is -2.40. The Morgan fingerprint density at radius 3 is 2.48 bits per heavy atom. The number of carbonyl (C=O) groups is 1. The van der Waals surface area contributed by atoms with Gasteiger partial charge in [0, 0.05) is 24.8 Å². The molecule has 3 aromatic rings. The van der Waals surface area contributed by atoms with Crippen LogP contribution in [0.2, 0.25) is 0 Å². The third-order valence-corrected chi connectivity index (χ3v) is 4.94. The van der Waals surface area contributed by atoms with E-state index in [0.29, 0.717) is 36.4 Å². The van der Waals surface area contributed by atoms with E-state index in [1.807, 2.05) is 0 Å². The number of ether oxygens (including phenoxy) is 1. The van der Waals surface area contributed by atoms with Crippen molar-refractivity contribution in [3.05, 3.63) is 47.9 Å². The molecule has 0 bridgehead atoms. The molecular formula is C20H17F5N4O2. The number of benzene rings is 1. The van der Waals surface area contributed by atoms with E-state index < -0.39 is 25.0 Å². The number of rotatable bonds is 4. The van der Waals surface area contributed by atoms with Crippen LogP contribution in [0, 0.1) is 0 Å². The topological polar surface area (TPSA) is 60.2 Å². The number of alkyl halides is 5. The average molecular weight is 440 g/mol. The average Bonchev–Trinajstić information content (AvgIpc) is 3.12. The summed E-state index contributed by atoms with van der Waals surface area (Å²) < 4.78 is 71.7. The van der Waals surface area contributed by atoms with Crippen LogP contribution in [0.5, 0.6) is 0 Å². The van der Waals surface area contributed by atoms with Gasteiger partial charge in [-0.2, -0.15) is 13.2 Å². The van der Waals surface area contributed by atoms with Gasteiger partial charge in [0.1, 0.15) is 0 Å². The summed E-state index contributed by atoms with van der Waals surface area (Å²) in [6.45, 7) is 0.683. The number of imidazole rings is 1. The fourth-order valence-electron chi connectivity index (χ4n) is 3.52. The predicted molar refractivity (Wildman–Crippen MR) is 101 cm³/mol. The summed E-state index contributed by atoms with van der Waals surface area (Å²) in [5.41, 5.74) is 0.702. The second-order valence-electron chi connectivity index (χ2n) is 6.94. The molecule has 0 atom stereocenters. The molecule has 164 valence electrons. The van der Waals surface area contributed by atoms with Gasteiger partial charge in [-0.3, -0.25) is 9.78 Å². The number of hydrogen-bond acceptors (Lipinski definition) is 4. The normalized spacial score (nSPS) is 15.1. The van der Waals surface area contributed by atoms with E-state index in [-0.39, 0.29) is 28.2 Å². The number of halogens is 5. The van der Waals surface area contributed by atoms with Crippen LogP contribution in [0.15, 0.2) is 36.5 Å². The number of para-hydroxylation sites is 1. The Kier molecular flexibility index (Phi) is 5.61. The fourth-order valence-corrected chi connectivity index (χ4v) is 3.52. The quantitative estimate of drug-likeness (QED) is 0.579. The zero-order valence-electron chi connectivity index (χ0n) is 16.1. The molecule has 1 amide bonds. The van der Waals surface area contributed by atoms with E-state index in [1.54, 1.807) is 4.90 Å². The summed E-state index contributed by atoms with van der Waals surface area (Å²) in [5, 5.41) is 0. The molecule has 2 aromatic heterocycles. The zero-order chi connectivity index (χ0) is 22.2. The minimum absolute atomic E-state index is 0.0691. The zero-order valence-corrected chi connectivity index (χ0v) is 16.1. The van der Waals surface area contributed by atoms with Gasteiger partial charge in [-0.05, 0) is 18.2 Å². The lowest BCUT2D eigenvalue weighted by molar-refractivity contribution is -0.147. The summed E-state index contributed by atoms with van der Waals surface area (Å²) in [6.07, 6.45) is -6.54. The number of pyridine rings is 1. The van der Waals surface area contributed by atoms with Gasteiger partial charge in [0.15, 0.2) is 0 Å². The second-order valence-corrected chi connectivity index (χ2v) is 6.94. The minimum Gasteiger partial charge on any atom is -0.378 e. The minimum atomic E-state index is -4.90. The van der Waals surface area contributed by atoms with Crippen molar-refractivity contribution in [3.8, 4) is 11.3 Å². The fraction of sp³-hybridized carbons (Fsp3) is 0.350. The maximum atomic E-state index is 13.4.